The Kier molecular flexibility index (Phi) is 4.96. The van der Waals surface area contributed by atoms with Gasteiger partial charge in [-0.25, -0.2) is 14.4 Å². The number of pyridine rings is 1. The Labute approximate surface area is 157 Å². The number of hydrogen-bond acceptors (Lipinski definition) is 3. The SMILES string of the molecule is O=C(CCc1ccc(F)cc1)N1CCC[C@H]1c1cccc(-n2ccnc2)n1. The van der Waals surface area contributed by atoms with E-state index in [1.807, 2.05) is 33.9 Å². The van der Waals surface area contributed by atoms with Crippen molar-refractivity contribution in [3.63, 3.8) is 0 Å². The number of rotatable bonds is 5. The van der Waals surface area contributed by atoms with E-state index in [1.165, 1.54) is 12.1 Å². The van der Waals surface area contributed by atoms with Gasteiger partial charge in [0, 0.05) is 25.4 Å². The van der Waals surface area contributed by atoms with Crippen LogP contribution >= 0.6 is 0 Å². The lowest BCUT2D eigenvalue weighted by Crippen LogP contribution is -2.31. The molecule has 0 aliphatic carbocycles. The van der Waals surface area contributed by atoms with E-state index in [4.69, 9.17) is 4.98 Å². The Morgan fingerprint density at radius 2 is 2.04 bits per heavy atom. The first-order valence-corrected chi connectivity index (χ1v) is 9.20. The molecule has 3 aromatic rings. The first kappa shape index (κ1) is 17.4. The van der Waals surface area contributed by atoms with Crippen molar-refractivity contribution in [3.05, 3.63) is 78.3 Å². The monoisotopic (exact) mass is 364 g/mol. The lowest BCUT2D eigenvalue weighted by atomic mass is 10.1. The minimum absolute atomic E-state index is 0.00851. The van der Waals surface area contributed by atoms with Crippen LogP contribution in [0.2, 0.25) is 0 Å². The van der Waals surface area contributed by atoms with Crippen LogP contribution in [0.15, 0.2) is 61.2 Å². The molecular weight excluding hydrogens is 343 g/mol. The predicted molar refractivity (Wildman–Crippen MR) is 99.8 cm³/mol. The highest BCUT2D eigenvalue weighted by Gasteiger charge is 2.30. The summed E-state index contributed by atoms with van der Waals surface area (Å²) in [7, 11) is 0. The minimum atomic E-state index is -0.256. The van der Waals surface area contributed by atoms with Crippen molar-refractivity contribution >= 4 is 5.91 Å². The van der Waals surface area contributed by atoms with Gasteiger partial charge < -0.3 is 4.90 Å². The number of nitrogens with zero attached hydrogens (tertiary/aromatic N) is 4. The molecule has 0 N–H and O–H groups in total. The number of halogens is 1. The number of imidazole rings is 1. The van der Waals surface area contributed by atoms with Crippen LogP contribution in [-0.4, -0.2) is 31.9 Å². The van der Waals surface area contributed by atoms with Crippen molar-refractivity contribution in [2.75, 3.05) is 6.54 Å². The van der Waals surface area contributed by atoms with Gasteiger partial charge in [0.1, 0.15) is 18.0 Å². The summed E-state index contributed by atoms with van der Waals surface area (Å²) < 4.78 is 14.9. The Hall–Kier alpha value is -3.02. The van der Waals surface area contributed by atoms with Crippen molar-refractivity contribution < 1.29 is 9.18 Å². The number of aromatic nitrogens is 3. The molecule has 5 nitrogen and oxygen atoms in total. The number of carbonyl (C=O) groups is 1. The average Bonchev–Trinajstić information content (AvgIpc) is 3.39. The summed E-state index contributed by atoms with van der Waals surface area (Å²) in [5, 5.41) is 0. The molecule has 4 rings (SSSR count). The fourth-order valence-electron chi connectivity index (χ4n) is 3.58. The Morgan fingerprint density at radius 1 is 1.19 bits per heavy atom. The van der Waals surface area contributed by atoms with E-state index in [2.05, 4.69) is 4.98 Å². The zero-order valence-electron chi connectivity index (χ0n) is 15.0. The van der Waals surface area contributed by atoms with E-state index >= 15 is 0 Å². The Morgan fingerprint density at radius 3 is 2.81 bits per heavy atom. The average molecular weight is 364 g/mol. The zero-order valence-corrected chi connectivity index (χ0v) is 15.0. The molecule has 1 aliphatic heterocycles. The largest absolute Gasteiger partial charge is 0.334 e. The van der Waals surface area contributed by atoms with Gasteiger partial charge in [-0.2, -0.15) is 0 Å². The van der Waals surface area contributed by atoms with E-state index in [0.29, 0.717) is 12.8 Å². The molecule has 1 atom stereocenters. The molecular formula is C21H21FN4O. The van der Waals surface area contributed by atoms with Crippen LogP contribution in [0.3, 0.4) is 0 Å². The minimum Gasteiger partial charge on any atom is -0.334 e. The Bertz CT molecular complexity index is 908. The van der Waals surface area contributed by atoms with Gasteiger partial charge in [0.15, 0.2) is 0 Å². The summed E-state index contributed by atoms with van der Waals surface area (Å²) in [5.41, 5.74) is 1.88. The van der Waals surface area contributed by atoms with Gasteiger partial charge in [0.05, 0.1) is 11.7 Å². The molecule has 0 unspecified atom stereocenters. The number of carbonyl (C=O) groups excluding carboxylic acids is 1. The summed E-state index contributed by atoms with van der Waals surface area (Å²) in [6.07, 6.45) is 8.22. The molecule has 138 valence electrons. The van der Waals surface area contributed by atoms with E-state index in [0.717, 1.165) is 36.5 Å². The molecule has 27 heavy (non-hydrogen) atoms. The number of benzene rings is 1. The van der Waals surface area contributed by atoms with Gasteiger partial charge in [-0.05, 0) is 49.1 Å². The first-order valence-electron chi connectivity index (χ1n) is 9.20. The molecule has 0 saturated carbocycles. The van der Waals surface area contributed by atoms with Crippen LogP contribution < -0.4 is 0 Å². The van der Waals surface area contributed by atoms with E-state index in [1.54, 1.807) is 24.7 Å². The van der Waals surface area contributed by atoms with Crippen molar-refractivity contribution in [2.24, 2.45) is 0 Å². The summed E-state index contributed by atoms with van der Waals surface area (Å²) in [6.45, 7) is 0.754. The molecule has 1 saturated heterocycles. The smallest absolute Gasteiger partial charge is 0.223 e. The van der Waals surface area contributed by atoms with Crippen molar-refractivity contribution in [1.82, 2.24) is 19.4 Å². The predicted octanol–water partition coefficient (Wildman–Crippen LogP) is 3.70. The van der Waals surface area contributed by atoms with Gasteiger partial charge >= 0.3 is 0 Å². The van der Waals surface area contributed by atoms with Gasteiger partial charge in [-0.1, -0.05) is 18.2 Å². The molecule has 0 spiro atoms. The van der Waals surface area contributed by atoms with Crippen LogP contribution in [0.5, 0.6) is 0 Å². The molecule has 6 heteroatoms. The van der Waals surface area contributed by atoms with Crippen LogP contribution in [0.25, 0.3) is 5.82 Å². The normalized spacial score (nSPS) is 16.6. The third-order valence-corrected chi connectivity index (χ3v) is 4.98. The number of hydrogen-bond donors (Lipinski definition) is 0. The standard InChI is InChI=1S/C21H21FN4O/c22-17-9-6-16(7-10-17)8-11-21(27)26-13-2-4-19(26)18-3-1-5-20(24-18)25-14-12-23-15-25/h1,3,5-7,9-10,12,14-15,19H,2,4,8,11,13H2/t19-/m0/s1. The highest BCUT2D eigenvalue weighted by molar-refractivity contribution is 5.77. The fourth-order valence-corrected chi connectivity index (χ4v) is 3.58. The topological polar surface area (TPSA) is 51.0 Å². The quantitative estimate of drug-likeness (QED) is 0.694. The number of aryl methyl sites for hydroxylation is 1. The highest BCUT2D eigenvalue weighted by Crippen LogP contribution is 2.32. The van der Waals surface area contributed by atoms with Crippen LogP contribution in [0.1, 0.15) is 36.6 Å². The molecule has 1 aliphatic rings. The fraction of sp³-hybridized carbons (Fsp3) is 0.286. The van der Waals surface area contributed by atoms with Gasteiger partial charge in [-0.3, -0.25) is 9.36 Å². The highest BCUT2D eigenvalue weighted by atomic mass is 19.1. The number of amides is 1. The molecule has 3 heterocycles. The Balaban J connectivity index is 1.46. The van der Waals surface area contributed by atoms with Gasteiger partial charge in [0.25, 0.3) is 0 Å². The molecule has 1 amide bonds. The zero-order chi connectivity index (χ0) is 18.6. The third kappa shape index (κ3) is 3.89. The third-order valence-electron chi connectivity index (χ3n) is 4.98. The van der Waals surface area contributed by atoms with Crippen molar-refractivity contribution in [3.8, 4) is 5.82 Å². The molecule has 0 radical (unpaired) electrons. The van der Waals surface area contributed by atoms with Crippen LogP contribution in [0.4, 0.5) is 4.39 Å². The maximum Gasteiger partial charge on any atom is 0.223 e. The second-order valence-electron chi connectivity index (χ2n) is 6.76. The summed E-state index contributed by atoms with van der Waals surface area (Å²) in [4.78, 5) is 23.5. The molecule has 0 bridgehead atoms. The first-order chi connectivity index (χ1) is 13.2. The van der Waals surface area contributed by atoms with Crippen LogP contribution in [-0.2, 0) is 11.2 Å². The van der Waals surface area contributed by atoms with E-state index < -0.39 is 0 Å². The van der Waals surface area contributed by atoms with E-state index in [9.17, 15) is 9.18 Å². The molecule has 1 aromatic carbocycles. The van der Waals surface area contributed by atoms with Gasteiger partial charge in [0.2, 0.25) is 5.91 Å². The second kappa shape index (κ2) is 7.70. The van der Waals surface area contributed by atoms with Crippen molar-refractivity contribution in [2.45, 2.75) is 31.7 Å². The van der Waals surface area contributed by atoms with Crippen LogP contribution in [0, 0.1) is 5.82 Å². The van der Waals surface area contributed by atoms with E-state index in [-0.39, 0.29) is 17.8 Å². The summed E-state index contributed by atoms with van der Waals surface area (Å²) in [6, 6.07) is 12.2. The lowest BCUT2D eigenvalue weighted by molar-refractivity contribution is -0.132. The molecule has 1 fully saturated rings. The molecule has 2 aromatic heterocycles. The number of likely N-dealkylation sites (tertiary alicyclic amines) is 1. The van der Waals surface area contributed by atoms with Gasteiger partial charge in [-0.15, -0.1) is 0 Å². The summed E-state index contributed by atoms with van der Waals surface area (Å²) >= 11 is 0. The second-order valence-corrected chi connectivity index (χ2v) is 6.76. The summed E-state index contributed by atoms with van der Waals surface area (Å²) in [5.74, 6) is 0.667. The van der Waals surface area contributed by atoms with Crippen molar-refractivity contribution in [1.29, 1.82) is 0 Å². The maximum atomic E-state index is 13.0. The lowest BCUT2D eigenvalue weighted by Gasteiger charge is -2.25. The maximum absolute atomic E-state index is 13.0.